The Balaban J connectivity index is 1.52. The van der Waals surface area contributed by atoms with E-state index in [1.165, 1.54) is 0 Å². The maximum atomic E-state index is 12.0. The molecular formula is C17H16N4O3S. The Bertz CT molecular complexity index is 856. The van der Waals surface area contributed by atoms with Gasteiger partial charge in [0.05, 0.1) is 0 Å². The molecule has 1 aromatic carbocycles. The van der Waals surface area contributed by atoms with Crippen molar-refractivity contribution in [3.05, 3.63) is 52.5 Å². The van der Waals surface area contributed by atoms with Crippen molar-refractivity contribution in [3.63, 3.8) is 0 Å². The summed E-state index contributed by atoms with van der Waals surface area (Å²) in [6.45, 7) is 0. The van der Waals surface area contributed by atoms with Gasteiger partial charge in [0.2, 0.25) is 17.6 Å². The van der Waals surface area contributed by atoms with E-state index in [0.29, 0.717) is 29.4 Å². The SMILES string of the molecule is CNC(=O)c1ccc(NC(=O)CCc2nc(-c3ccsc3)no2)cc1. The molecule has 2 amide bonds. The highest BCUT2D eigenvalue weighted by atomic mass is 32.1. The van der Waals surface area contributed by atoms with Crippen LogP contribution in [-0.2, 0) is 11.2 Å². The lowest BCUT2D eigenvalue weighted by Crippen LogP contribution is -2.18. The van der Waals surface area contributed by atoms with E-state index in [-0.39, 0.29) is 18.2 Å². The molecule has 0 atom stereocenters. The number of nitrogens with zero attached hydrogens (tertiary/aromatic N) is 2. The molecular weight excluding hydrogens is 340 g/mol. The van der Waals surface area contributed by atoms with Crippen LogP contribution in [0.1, 0.15) is 22.7 Å². The van der Waals surface area contributed by atoms with Crippen LogP contribution in [0.4, 0.5) is 5.69 Å². The molecule has 3 aromatic rings. The molecule has 0 aliphatic rings. The summed E-state index contributed by atoms with van der Waals surface area (Å²) >= 11 is 1.56. The number of anilines is 1. The number of thiophene rings is 1. The first-order chi connectivity index (χ1) is 12.2. The Morgan fingerprint density at radius 3 is 2.68 bits per heavy atom. The van der Waals surface area contributed by atoms with Gasteiger partial charge in [0.1, 0.15) is 0 Å². The number of benzene rings is 1. The Hall–Kier alpha value is -3.00. The van der Waals surface area contributed by atoms with Crippen molar-refractivity contribution in [1.82, 2.24) is 15.5 Å². The van der Waals surface area contributed by atoms with Crippen molar-refractivity contribution in [2.24, 2.45) is 0 Å². The third-order valence-corrected chi connectivity index (χ3v) is 4.15. The van der Waals surface area contributed by atoms with E-state index in [1.807, 2.05) is 16.8 Å². The molecule has 0 radical (unpaired) electrons. The zero-order valence-corrected chi connectivity index (χ0v) is 14.3. The summed E-state index contributed by atoms with van der Waals surface area (Å²) in [6, 6.07) is 8.58. The molecule has 0 bridgehead atoms. The molecule has 0 saturated carbocycles. The third kappa shape index (κ3) is 4.30. The number of carbonyl (C=O) groups excluding carboxylic acids is 2. The zero-order valence-electron chi connectivity index (χ0n) is 13.5. The lowest BCUT2D eigenvalue weighted by molar-refractivity contribution is -0.116. The highest BCUT2D eigenvalue weighted by Crippen LogP contribution is 2.19. The molecule has 0 spiro atoms. The molecule has 8 heteroatoms. The van der Waals surface area contributed by atoms with Crippen LogP contribution in [0.3, 0.4) is 0 Å². The van der Waals surface area contributed by atoms with Crippen molar-refractivity contribution in [2.75, 3.05) is 12.4 Å². The maximum Gasteiger partial charge on any atom is 0.251 e. The number of rotatable bonds is 6. The Morgan fingerprint density at radius 1 is 1.20 bits per heavy atom. The summed E-state index contributed by atoms with van der Waals surface area (Å²) in [4.78, 5) is 27.8. The summed E-state index contributed by atoms with van der Waals surface area (Å²) in [7, 11) is 1.57. The van der Waals surface area contributed by atoms with E-state index in [9.17, 15) is 9.59 Å². The van der Waals surface area contributed by atoms with Crippen LogP contribution in [0, 0.1) is 0 Å². The first-order valence-electron chi connectivity index (χ1n) is 7.63. The van der Waals surface area contributed by atoms with Crippen molar-refractivity contribution in [1.29, 1.82) is 0 Å². The highest BCUT2D eigenvalue weighted by Gasteiger charge is 2.11. The number of hydrogen-bond acceptors (Lipinski definition) is 6. The highest BCUT2D eigenvalue weighted by molar-refractivity contribution is 7.08. The standard InChI is InChI=1S/C17H16N4O3S/c1-18-17(23)11-2-4-13(5-3-11)19-14(22)6-7-15-20-16(21-24-15)12-8-9-25-10-12/h2-5,8-10H,6-7H2,1H3,(H,18,23)(H,19,22). The fourth-order valence-electron chi connectivity index (χ4n) is 2.16. The van der Waals surface area contributed by atoms with Crippen molar-refractivity contribution in [3.8, 4) is 11.4 Å². The van der Waals surface area contributed by atoms with Gasteiger partial charge in [0, 0.05) is 42.1 Å². The van der Waals surface area contributed by atoms with Crippen LogP contribution in [0.15, 0.2) is 45.6 Å². The first kappa shape index (κ1) is 16.8. The number of nitrogens with one attached hydrogen (secondary N) is 2. The van der Waals surface area contributed by atoms with Crippen molar-refractivity contribution < 1.29 is 14.1 Å². The van der Waals surface area contributed by atoms with Gasteiger partial charge < -0.3 is 15.2 Å². The maximum absolute atomic E-state index is 12.0. The average molecular weight is 356 g/mol. The molecule has 3 rings (SSSR count). The van der Waals surface area contributed by atoms with Crippen LogP contribution in [0.5, 0.6) is 0 Å². The summed E-state index contributed by atoms with van der Waals surface area (Å²) < 4.78 is 5.16. The van der Waals surface area contributed by atoms with Gasteiger partial charge in [-0.25, -0.2) is 0 Å². The van der Waals surface area contributed by atoms with E-state index in [2.05, 4.69) is 20.8 Å². The van der Waals surface area contributed by atoms with Crippen LogP contribution in [0.25, 0.3) is 11.4 Å². The van der Waals surface area contributed by atoms with Gasteiger partial charge in [-0.3, -0.25) is 9.59 Å². The zero-order chi connectivity index (χ0) is 17.6. The molecule has 0 unspecified atom stereocenters. The molecule has 25 heavy (non-hydrogen) atoms. The van der Waals surface area contributed by atoms with Crippen molar-refractivity contribution in [2.45, 2.75) is 12.8 Å². The second-order valence-electron chi connectivity index (χ2n) is 5.23. The van der Waals surface area contributed by atoms with Gasteiger partial charge in [0.15, 0.2) is 0 Å². The number of aryl methyl sites for hydroxylation is 1. The first-order valence-corrected chi connectivity index (χ1v) is 8.57. The summed E-state index contributed by atoms with van der Waals surface area (Å²) in [5, 5.41) is 13.1. The van der Waals surface area contributed by atoms with Gasteiger partial charge in [-0.1, -0.05) is 5.16 Å². The molecule has 0 aliphatic carbocycles. The fraction of sp³-hybridized carbons (Fsp3) is 0.176. The van der Waals surface area contributed by atoms with Gasteiger partial charge in [0.25, 0.3) is 5.91 Å². The Labute approximate surface area is 148 Å². The molecule has 2 heterocycles. The largest absolute Gasteiger partial charge is 0.355 e. The lowest BCUT2D eigenvalue weighted by Gasteiger charge is -2.05. The summed E-state index contributed by atoms with van der Waals surface area (Å²) in [5.74, 6) is 0.617. The van der Waals surface area contributed by atoms with Crippen LogP contribution >= 0.6 is 11.3 Å². The monoisotopic (exact) mass is 356 g/mol. The second-order valence-corrected chi connectivity index (χ2v) is 6.01. The fourth-order valence-corrected chi connectivity index (χ4v) is 2.79. The normalized spacial score (nSPS) is 10.4. The average Bonchev–Trinajstić information content (AvgIpc) is 3.31. The van der Waals surface area contributed by atoms with Crippen LogP contribution in [-0.4, -0.2) is 29.0 Å². The van der Waals surface area contributed by atoms with Gasteiger partial charge >= 0.3 is 0 Å². The van der Waals surface area contributed by atoms with Crippen LogP contribution in [0.2, 0.25) is 0 Å². The van der Waals surface area contributed by atoms with Crippen molar-refractivity contribution >= 4 is 28.8 Å². The molecule has 2 N–H and O–H groups in total. The number of aromatic nitrogens is 2. The Kier molecular flexibility index (Phi) is 5.20. The van der Waals surface area contributed by atoms with Crippen LogP contribution < -0.4 is 10.6 Å². The van der Waals surface area contributed by atoms with E-state index < -0.39 is 0 Å². The molecule has 2 aromatic heterocycles. The third-order valence-electron chi connectivity index (χ3n) is 3.47. The molecule has 0 saturated heterocycles. The second kappa shape index (κ2) is 7.71. The Morgan fingerprint density at radius 2 is 2.00 bits per heavy atom. The predicted molar refractivity (Wildman–Crippen MR) is 94.4 cm³/mol. The molecule has 128 valence electrons. The minimum absolute atomic E-state index is 0.164. The minimum atomic E-state index is -0.171. The summed E-state index contributed by atoms with van der Waals surface area (Å²) in [5.41, 5.74) is 2.06. The van der Waals surface area contributed by atoms with Gasteiger partial charge in [-0.05, 0) is 35.7 Å². The smallest absolute Gasteiger partial charge is 0.251 e. The minimum Gasteiger partial charge on any atom is -0.355 e. The quantitative estimate of drug-likeness (QED) is 0.708. The number of hydrogen-bond donors (Lipinski definition) is 2. The number of carbonyl (C=O) groups is 2. The van der Waals surface area contributed by atoms with E-state index in [1.54, 1.807) is 42.6 Å². The van der Waals surface area contributed by atoms with Gasteiger partial charge in [-0.2, -0.15) is 16.3 Å². The number of amides is 2. The van der Waals surface area contributed by atoms with E-state index >= 15 is 0 Å². The molecule has 0 fully saturated rings. The molecule has 0 aliphatic heterocycles. The lowest BCUT2D eigenvalue weighted by atomic mass is 10.2. The van der Waals surface area contributed by atoms with E-state index in [0.717, 1.165) is 5.56 Å². The topological polar surface area (TPSA) is 97.1 Å². The summed E-state index contributed by atoms with van der Waals surface area (Å²) in [6.07, 6.45) is 0.585. The molecule has 7 nitrogen and oxygen atoms in total. The predicted octanol–water partition coefficient (Wildman–Crippen LogP) is 2.73. The van der Waals surface area contributed by atoms with Gasteiger partial charge in [-0.15, -0.1) is 0 Å². The van der Waals surface area contributed by atoms with E-state index in [4.69, 9.17) is 4.52 Å².